The van der Waals surface area contributed by atoms with E-state index in [0.717, 1.165) is 35.5 Å². The Labute approximate surface area is 83.5 Å². The summed E-state index contributed by atoms with van der Waals surface area (Å²) in [5.41, 5.74) is 0. The molecule has 1 saturated heterocycles. The summed E-state index contributed by atoms with van der Waals surface area (Å²) < 4.78 is 0. The molecule has 4 aliphatic carbocycles. The first kappa shape index (κ1) is 7.17. The van der Waals surface area contributed by atoms with Crippen LogP contribution in [-0.2, 0) is 0 Å². The van der Waals surface area contributed by atoms with E-state index in [4.69, 9.17) is 0 Å². The summed E-state index contributed by atoms with van der Waals surface area (Å²) in [5.74, 6) is 8.66. The van der Waals surface area contributed by atoms with Crippen LogP contribution in [0, 0.1) is 35.5 Å². The lowest BCUT2D eigenvalue weighted by molar-refractivity contribution is 0.0672. The van der Waals surface area contributed by atoms with Crippen molar-refractivity contribution in [3.8, 4) is 0 Å². The molecule has 0 aromatic heterocycles. The standard InChI is InChI=1S/C12H14S/c1-2-8-7(1)9-3-4-10(8)12-6-13-5-11(9)12/h1-4,7-12H,5-6H2/t7-,8-,9+,10+,11-,12-/m0/s1. The minimum absolute atomic E-state index is 0.917. The molecule has 2 fully saturated rings. The first-order chi connectivity index (χ1) is 6.45. The molecule has 0 radical (unpaired) electrons. The zero-order valence-corrected chi connectivity index (χ0v) is 8.41. The molecule has 13 heavy (non-hydrogen) atoms. The third kappa shape index (κ3) is 0.721. The van der Waals surface area contributed by atoms with Gasteiger partial charge >= 0.3 is 0 Å². The van der Waals surface area contributed by atoms with Gasteiger partial charge < -0.3 is 0 Å². The lowest BCUT2D eigenvalue weighted by Gasteiger charge is -2.53. The van der Waals surface area contributed by atoms with Crippen LogP contribution in [0.5, 0.6) is 0 Å². The highest BCUT2D eigenvalue weighted by Crippen LogP contribution is 2.59. The van der Waals surface area contributed by atoms with E-state index < -0.39 is 0 Å². The zero-order valence-electron chi connectivity index (χ0n) is 7.60. The molecule has 1 heterocycles. The van der Waals surface area contributed by atoms with Gasteiger partial charge in [-0.05, 0) is 47.0 Å². The number of hydrogen-bond donors (Lipinski definition) is 0. The lowest BCUT2D eigenvalue weighted by Crippen LogP contribution is -2.49. The highest BCUT2D eigenvalue weighted by atomic mass is 32.2. The normalized spacial score (nSPS) is 60.3. The fourth-order valence-electron chi connectivity index (χ4n) is 3.89. The van der Waals surface area contributed by atoms with Crippen LogP contribution in [-0.4, -0.2) is 11.5 Å². The molecule has 0 amide bonds. The predicted octanol–water partition coefficient (Wildman–Crippen LogP) is 2.58. The van der Waals surface area contributed by atoms with E-state index in [9.17, 15) is 0 Å². The molecular formula is C12H14S. The van der Waals surface area contributed by atoms with Gasteiger partial charge in [-0.2, -0.15) is 11.8 Å². The van der Waals surface area contributed by atoms with Crippen molar-refractivity contribution in [2.75, 3.05) is 11.5 Å². The van der Waals surface area contributed by atoms with Gasteiger partial charge in [0.2, 0.25) is 0 Å². The molecule has 0 spiro atoms. The maximum Gasteiger partial charge on any atom is -0.00300 e. The Morgan fingerprint density at radius 1 is 0.692 bits per heavy atom. The summed E-state index contributed by atoms with van der Waals surface area (Å²) in [6, 6.07) is 0. The minimum Gasteiger partial charge on any atom is -0.161 e. The Kier molecular flexibility index (Phi) is 1.24. The summed E-state index contributed by atoms with van der Waals surface area (Å²) in [7, 11) is 0. The van der Waals surface area contributed by atoms with E-state index in [2.05, 4.69) is 36.1 Å². The first-order valence-corrected chi connectivity index (χ1v) is 6.55. The molecule has 0 nitrogen and oxygen atoms in total. The van der Waals surface area contributed by atoms with Gasteiger partial charge in [-0.3, -0.25) is 0 Å². The largest absolute Gasteiger partial charge is 0.161 e. The maximum atomic E-state index is 2.53. The quantitative estimate of drug-likeness (QED) is 0.529. The van der Waals surface area contributed by atoms with Gasteiger partial charge in [0.1, 0.15) is 0 Å². The van der Waals surface area contributed by atoms with Crippen LogP contribution in [0.2, 0.25) is 0 Å². The summed E-state index contributed by atoms with van der Waals surface area (Å²) >= 11 is 2.19. The molecule has 6 atom stereocenters. The summed E-state index contributed by atoms with van der Waals surface area (Å²) in [4.78, 5) is 0. The molecule has 0 unspecified atom stereocenters. The molecule has 0 aromatic rings. The average molecular weight is 190 g/mol. The van der Waals surface area contributed by atoms with Gasteiger partial charge in [-0.25, -0.2) is 0 Å². The minimum atomic E-state index is 0.917. The second-order valence-corrected chi connectivity index (χ2v) is 6.02. The fraction of sp³-hybridized carbons (Fsp3) is 0.667. The van der Waals surface area contributed by atoms with E-state index >= 15 is 0 Å². The Bertz CT molecular complexity index is 276. The topological polar surface area (TPSA) is 0 Å². The molecule has 0 aromatic carbocycles. The van der Waals surface area contributed by atoms with Gasteiger partial charge in [0.05, 0.1) is 0 Å². The van der Waals surface area contributed by atoms with Crippen molar-refractivity contribution in [3.05, 3.63) is 24.3 Å². The van der Waals surface area contributed by atoms with Crippen LogP contribution in [0.15, 0.2) is 24.3 Å². The molecule has 5 rings (SSSR count). The fourth-order valence-corrected chi connectivity index (χ4v) is 5.51. The van der Waals surface area contributed by atoms with Crippen molar-refractivity contribution < 1.29 is 0 Å². The molecular weight excluding hydrogens is 176 g/mol. The van der Waals surface area contributed by atoms with Gasteiger partial charge in [0, 0.05) is 0 Å². The SMILES string of the molecule is C1=C[C@H]2[C@H]1[C@H]1C=C[C@H]2[C@@H]2CSC[C@@H]12. The van der Waals surface area contributed by atoms with Gasteiger partial charge in [0.15, 0.2) is 0 Å². The highest BCUT2D eigenvalue weighted by Gasteiger charge is 2.53. The molecule has 5 aliphatic rings. The average Bonchev–Trinajstić information content (AvgIpc) is 2.53. The Balaban J connectivity index is 1.83. The molecule has 1 heteroatoms. The molecule has 1 saturated carbocycles. The Morgan fingerprint density at radius 2 is 1.15 bits per heavy atom. The van der Waals surface area contributed by atoms with Crippen molar-refractivity contribution in [2.24, 2.45) is 35.5 Å². The molecule has 2 bridgehead atoms. The highest BCUT2D eigenvalue weighted by molar-refractivity contribution is 7.99. The van der Waals surface area contributed by atoms with Crippen molar-refractivity contribution in [1.29, 1.82) is 0 Å². The van der Waals surface area contributed by atoms with Crippen molar-refractivity contribution in [1.82, 2.24) is 0 Å². The van der Waals surface area contributed by atoms with Crippen molar-refractivity contribution in [2.45, 2.75) is 0 Å². The van der Waals surface area contributed by atoms with Crippen LogP contribution in [0.25, 0.3) is 0 Å². The number of hydrogen-bond acceptors (Lipinski definition) is 1. The first-order valence-electron chi connectivity index (χ1n) is 5.39. The number of rotatable bonds is 0. The summed E-state index contributed by atoms with van der Waals surface area (Å²) in [6.45, 7) is 0. The second-order valence-electron chi connectivity index (χ2n) is 4.94. The van der Waals surface area contributed by atoms with E-state index in [1.54, 1.807) is 0 Å². The monoisotopic (exact) mass is 190 g/mol. The molecule has 1 aliphatic heterocycles. The maximum absolute atomic E-state index is 2.53. The predicted molar refractivity (Wildman–Crippen MR) is 56.5 cm³/mol. The number of thioether (sulfide) groups is 1. The molecule has 68 valence electrons. The van der Waals surface area contributed by atoms with Gasteiger partial charge in [-0.1, -0.05) is 24.3 Å². The van der Waals surface area contributed by atoms with E-state index in [1.807, 2.05) is 0 Å². The third-order valence-corrected chi connectivity index (χ3v) is 5.84. The van der Waals surface area contributed by atoms with Crippen LogP contribution in [0.4, 0.5) is 0 Å². The Hall–Kier alpha value is -0.170. The second kappa shape index (κ2) is 2.25. The molecule has 0 N–H and O–H groups in total. The van der Waals surface area contributed by atoms with E-state index in [0.29, 0.717) is 0 Å². The van der Waals surface area contributed by atoms with Crippen LogP contribution in [0.3, 0.4) is 0 Å². The smallest absolute Gasteiger partial charge is 0.00300 e. The van der Waals surface area contributed by atoms with E-state index in [-0.39, 0.29) is 0 Å². The van der Waals surface area contributed by atoms with Gasteiger partial charge in [0.25, 0.3) is 0 Å². The lowest BCUT2D eigenvalue weighted by atomic mass is 9.50. The number of allylic oxidation sites excluding steroid dienone is 4. The summed E-state index contributed by atoms with van der Waals surface area (Å²) in [6.07, 6.45) is 9.99. The van der Waals surface area contributed by atoms with Crippen molar-refractivity contribution >= 4 is 11.8 Å². The third-order valence-electron chi connectivity index (χ3n) is 4.60. The zero-order chi connectivity index (χ0) is 8.41. The van der Waals surface area contributed by atoms with Crippen LogP contribution < -0.4 is 0 Å². The van der Waals surface area contributed by atoms with Crippen LogP contribution in [0.1, 0.15) is 0 Å². The van der Waals surface area contributed by atoms with E-state index in [1.165, 1.54) is 11.5 Å². The van der Waals surface area contributed by atoms with Crippen LogP contribution >= 0.6 is 11.8 Å². The Morgan fingerprint density at radius 3 is 1.62 bits per heavy atom. The van der Waals surface area contributed by atoms with Crippen molar-refractivity contribution in [3.63, 3.8) is 0 Å². The summed E-state index contributed by atoms with van der Waals surface area (Å²) in [5, 5.41) is 0. The van der Waals surface area contributed by atoms with Gasteiger partial charge in [-0.15, -0.1) is 0 Å².